The number of allylic oxidation sites excluding steroid dienone is 1. The fourth-order valence-corrected chi connectivity index (χ4v) is 6.92. The molecule has 0 saturated heterocycles. The van der Waals surface area contributed by atoms with Gasteiger partial charge >= 0.3 is 0 Å². The molecule has 2 aliphatic rings. The molecule has 3 aromatic carbocycles. The second-order valence-electron chi connectivity index (χ2n) is 8.53. The fraction of sp³-hybridized carbons (Fsp3) is 0.143. The van der Waals surface area contributed by atoms with Gasteiger partial charge in [0.25, 0.3) is 5.56 Å². The fourth-order valence-electron chi connectivity index (χ4n) is 4.92. The predicted octanol–water partition coefficient (Wildman–Crippen LogP) is 5.59. The van der Waals surface area contributed by atoms with Gasteiger partial charge in [-0.25, -0.2) is 4.99 Å². The summed E-state index contributed by atoms with van der Waals surface area (Å²) in [5, 5.41) is 0.657. The van der Waals surface area contributed by atoms with Crippen LogP contribution < -0.4 is 19.6 Å². The zero-order valence-electron chi connectivity index (χ0n) is 18.8. The number of ether oxygens (including phenoxy) is 1. The van der Waals surface area contributed by atoms with Crippen LogP contribution in [0.4, 0.5) is 0 Å². The minimum Gasteiger partial charge on any atom is -0.496 e. The van der Waals surface area contributed by atoms with E-state index in [0.29, 0.717) is 14.4 Å². The van der Waals surface area contributed by atoms with Crippen molar-refractivity contribution in [2.24, 2.45) is 4.99 Å². The molecule has 4 aromatic rings. The summed E-state index contributed by atoms with van der Waals surface area (Å²) in [5.74, 6) is 0.814. The summed E-state index contributed by atoms with van der Waals surface area (Å²) in [4.78, 5) is 19.6. The molecule has 6 rings (SSSR count). The predicted molar refractivity (Wildman–Crippen MR) is 150 cm³/mol. The Morgan fingerprint density at radius 1 is 1.11 bits per heavy atom. The van der Waals surface area contributed by atoms with Gasteiger partial charge in [0.2, 0.25) is 0 Å². The Bertz CT molecular complexity index is 1700. The second kappa shape index (κ2) is 9.08. The van der Waals surface area contributed by atoms with Crippen molar-refractivity contribution >= 4 is 57.3 Å². The van der Waals surface area contributed by atoms with Gasteiger partial charge in [0.1, 0.15) is 5.75 Å². The maximum absolute atomic E-state index is 13.8. The second-order valence-corrected chi connectivity index (χ2v) is 11.1. The highest BCUT2D eigenvalue weighted by Crippen LogP contribution is 2.42. The molecule has 0 N–H and O–H groups in total. The van der Waals surface area contributed by atoms with Crippen LogP contribution in [0.15, 0.2) is 82.1 Å². The van der Waals surface area contributed by atoms with Crippen LogP contribution in [-0.4, -0.2) is 11.7 Å². The van der Waals surface area contributed by atoms with Crippen LogP contribution in [-0.2, 0) is 6.42 Å². The summed E-state index contributed by atoms with van der Waals surface area (Å²) in [6.45, 7) is 0. The molecule has 7 heteroatoms. The zero-order valence-corrected chi connectivity index (χ0v) is 22.5. The maximum atomic E-state index is 13.8. The largest absolute Gasteiger partial charge is 0.496 e. The number of thiazole rings is 1. The summed E-state index contributed by atoms with van der Waals surface area (Å²) < 4.78 is 8.85. The van der Waals surface area contributed by atoms with Gasteiger partial charge in [-0.2, -0.15) is 0 Å². The Morgan fingerprint density at radius 3 is 2.71 bits per heavy atom. The number of hydrogen-bond donors (Lipinski definition) is 0. The van der Waals surface area contributed by atoms with Gasteiger partial charge in [0.05, 0.1) is 27.0 Å². The number of halogens is 2. The van der Waals surface area contributed by atoms with Crippen LogP contribution in [0.1, 0.15) is 34.7 Å². The van der Waals surface area contributed by atoms with E-state index in [1.807, 2.05) is 53.1 Å². The molecule has 1 aliphatic carbocycles. The molecule has 1 aliphatic heterocycles. The lowest BCUT2D eigenvalue weighted by molar-refractivity contribution is 0.412. The van der Waals surface area contributed by atoms with Crippen LogP contribution in [0, 0.1) is 3.57 Å². The van der Waals surface area contributed by atoms with Gasteiger partial charge in [-0.15, -0.1) is 0 Å². The summed E-state index contributed by atoms with van der Waals surface area (Å²) in [6, 6.07) is 21.9. The van der Waals surface area contributed by atoms with Gasteiger partial charge in [0, 0.05) is 10.6 Å². The van der Waals surface area contributed by atoms with Crippen LogP contribution >= 0.6 is 45.5 Å². The molecule has 0 saturated carbocycles. The minimum atomic E-state index is -0.276. The molecule has 35 heavy (non-hydrogen) atoms. The van der Waals surface area contributed by atoms with Crippen molar-refractivity contribution in [3.63, 3.8) is 0 Å². The van der Waals surface area contributed by atoms with E-state index in [2.05, 4.69) is 46.9 Å². The maximum Gasteiger partial charge on any atom is 0.271 e. The third-order valence-corrected chi connectivity index (χ3v) is 8.72. The lowest BCUT2D eigenvalue weighted by atomic mass is 9.83. The Labute approximate surface area is 225 Å². The first kappa shape index (κ1) is 22.8. The Morgan fingerprint density at radius 2 is 1.91 bits per heavy atom. The molecule has 0 bridgehead atoms. The quantitative estimate of drug-likeness (QED) is 0.284. The van der Waals surface area contributed by atoms with E-state index in [-0.39, 0.29) is 11.6 Å². The van der Waals surface area contributed by atoms with E-state index in [1.165, 1.54) is 16.9 Å². The van der Waals surface area contributed by atoms with Crippen molar-refractivity contribution in [2.45, 2.75) is 18.9 Å². The molecular weight excluding hydrogens is 591 g/mol. The van der Waals surface area contributed by atoms with Crippen molar-refractivity contribution in [1.29, 1.82) is 0 Å². The number of aromatic nitrogens is 1. The first-order chi connectivity index (χ1) is 17.0. The number of rotatable bonds is 3. The topological polar surface area (TPSA) is 43.6 Å². The van der Waals surface area contributed by atoms with Crippen LogP contribution in [0.2, 0.25) is 5.02 Å². The minimum absolute atomic E-state index is 0.0464. The Balaban J connectivity index is 1.61. The molecule has 0 amide bonds. The number of fused-ring (bicyclic) bond motifs is 3. The molecule has 174 valence electrons. The van der Waals surface area contributed by atoms with Gasteiger partial charge < -0.3 is 4.74 Å². The Kier molecular flexibility index (Phi) is 5.90. The summed E-state index contributed by atoms with van der Waals surface area (Å²) in [7, 11) is 1.66. The SMILES string of the molecule is COc1ccc(/C=c2/sc3n(c2=O)[C@H](c2ccccc2Cl)C2=C(N=3)c3ccccc3CC2)cc1I. The first-order valence-electron chi connectivity index (χ1n) is 11.3. The highest BCUT2D eigenvalue weighted by atomic mass is 127. The first-order valence-corrected chi connectivity index (χ1v) is 13.5. The third-order valence-electron chi connectivity index (χ3n) is 6.55. The van der Waals surface area contributed by atoms with E-state index in [9.17, 15) is 4.79 Å². The number of nitrogens with zero attached hydrogens (tertiary/aromatic N) is 2. The number of methoxy groups -OCH3 is 1. The van der Waals surface area contributed by atoms with E-state index in [1.54, 1.807) is 7.11 Å². The smallest absolute Gasteiger partial charge is 0.271 e. The molecule has 2 heterocycles. The van der Waals surface area contributed by atoms with Crippen LogP contribution in [0.5, 0.6) is 5.75 Å². The Hall–Kier alpha value is -2.68. The summed E-state index contributed by atoms with van der Waals surface area (Å²) >= 11 is 10.4. The van der Waals surface area contributed by atoms with E-state index in [4.69, 9.17) is 21.3 Å². The summed E-state index contributed by atoms with van der Waals surface area (Å²) in [6.07, 6.45) is 3.69. The van der Waals surface area contributed by atoms with Gasteiger partial charge in [-0.3, -0.25) is 9.36 Å². The van der Waals surface area contributed by atoms with E-state index < -0.39 is 0 Å². The highest BCUT2D eigenvalue weighted by molar-refractivity contribution is 14.1. The average molecular weight is 611 g/mol. The van der Waals surface area contributed by atoms with Crippen LogP contribution in [0.25, 0.3) is 11.8 Å². The molecule has 4 nitrogen and oxygen atoms in total. The lowest BCUT2D eigenvalue weighted by Crippen LogP contribution is -2.38. The number of aryl methyl sites for hydroxylation is 1. The summed E-state index contributed by atoms with van der Waals surface area (Å²) in [5.41, 5.74) is 6.40. The monoisotopic (exact) mass is 610 g/mol. The van der Waals surface area contributed by atoms with Gasteiger partial charge in [-0.1, -0.05) is 71.5 Å². The molecule has 0 fully saturated rings. The molecule has 0 unspecified atom stereocenters. The molecular formula is C28H20ClIN2O2S. The van der Waals surface area contributed by atoms with Gasteiger partial charge in [0.15, 0.2) is 4.80 Å². The number of benzene rings is 3. The zero-order chi connectivity index (χ0) is 24.1. The standard InChI is InChI=1S/C28H20ClIN2O2S/c1-34-23-13-10-16(14-22(23)30)15-24-27(33)32-26(19-8-4-5-9-21(19)29)20-12-11-17-6-2-3-7-18(17)25(20)31-28(32)35-24/h2-10,13-15,26H,11-12H2,1H3/b24-15+/t26-/m1/s1. The van der Waals surface area contributed by atoms with Crippen molar-refractivity contribution in [1.82, 2.24) is 4.57 Å². The van der Waals surface area contributed by atoms with Crippen molar-refractivity contribution in [3.8, 4) is 5.75 Å². The van der Waals surface area contributed by atoms with Crippen molar-refractivity contribution < 1.29 is 4.74 Å². The molecule has 0 spiro atoms. The van der Waals surface area contributed by atoms with Gasteiger partial charge in [-0.05, 0) is 82.0 Å². The van der Waals surface area contributed by atoms with E-state index >= 15 is 0 Å². The normalized spacial score (nSPS) is 16.9. The number of hydrogen-bond acceptors (Lipinski definition) is 4. The highest BCUT2D eigenvalue weighted by Gasteiger charge is 2.33. The van der Waals surface area contributed by atoms with Crippen molar-refractivity contribution in [2.75, 3.05) is 7.11 Å². The average Bonchev–Trinajstić information content (AvgIpc) is 3.18. The van der Waals surface area contributed by atoms with Crippen molar-refractivity contribution in [3.05, 3.63) is 123 Å². The van der Waals surface area contributed by atoms with Crippen LogP contribution in [0.3, 0.4) is 0 Å². The third kappa shape index (κ3) is 3.88. The molecule has 1 aromatic heterocycles. The van der Waals surface area contributed by atoms with E-state index in [0.717, 1.165) is 50.1 Å². The lowest BCUT2D eigenvalue weighted by Gasteiger charge is -2.31. The molecule has 0 radical (unpaired) electrons. The molecule has 1 atom stereocenters.